The van der Waals surface area contributed by atoms with Gasteiger partial charge in [-0.25, -0.2) is 24.3 Å². The fraction of sp³-hybridized carbons (Fsp3) is 0.619. The minimum absolute atomic E-state index is 0. The van der Waals surface area contributed by atoms with Crippen molar-refractivity contribution in [3.05, 3.63) is 33.1 Å². The Morgan fingerprint density at radius 1 is 0.895 bits per heavy atom. The molecule has 1 N–H and O–H groups in total. The minimum atomic E-state index is -0.565. The van der Waals surface area contributed by atoms with E-state index >= 15 is 0 Å². The molecule has 0 saturated carbocycles. The summed E-state index contributed by atoms with van der Waals surface area (Å²) in [5.41, 5.74) is -0.891. The van der Waals surface area contributed by atoms with Crippen LogP contribution >= 0.6 is 22.6 Å². The van der Waals surface area contributed by atoms with E-state index in [2.05, 4.69) is 58.0 Å². The van der Waals surface area contributed by atoms with Crippen molar-refractivity contribution in [2.45, 2.75) is 43.1 Å². The topological polar surface area (TPSA) is 187 Å². The largest absolute Gasteiger partial charge is 0.466 e. The number of halogens is 1. The van der Waals surface area contributed by atoms with E-state index in [0.29, 0.717) is 13.2 Å². The third-order valence-corrected chi connectivity index (χ3v) is 6.16. The van der Waals surface area contributed by atoms with E-state index in [1.807, 2.05) is 0 Å². The van der Waals surface area contributed by atoms with Gasteiger partial charge in [0.2, 0.25) is 0 Å². The summed E-state index contributed by atoms with van der Waals surface area (Å²) in [5, 5.41) is 16.1. The average molecular weight is 652 g/mol. The van der Waals surface area contributed by atoms with Crippen LogP contribution in [0.5, 0.6) is 0 Å². The number of hydrogen-bond acceptors (Lipinski definition) is 12. The number of esters is 2. The average Bonchev–Trinajstić information content (AvgIpc) is 3.51. The minimum Gasteiger partial charge on any atom is -0.466 e. The summed E-state index contributed by atoms with van der Waals surface area (Å²) in [5.74, 6) is -1.12. The molecule has 0 unspecified atom stereocenters. The molecule has 0 aromatic carbocycles. The first kappa shape index (κ1) is 32.8. The van der Waals surface area contributed by atoms with E-state index in [-0.39, 0.29) is 19.2 Å². The molecule has 0 aliphatic carbocycles. The monoisotopic (exact) mass is 652 g/mol. The lowest BCUT2D eigenvalue weighted by Crippen LogP contribution is -2.30. The Morgan fingerprint density at radius 3 is 1.87 bits per heavy atom. The van der Waals surface area contributed by atoms with Crippen LogP contribution in [0.4, 0.5) is 0 Å². The Labute approximate surface area is 232 Å². The predicted octanol–water partition coefficient (Wildman–Crippen LogP) is 0.282. The van der Waals surface area contributed by atoms with Gasteiger partial charge in [-0.15, -0.1) is 0 Å². The van der Waals surface area contributed by atoms with Crippen molar-refractivity contribution >= 4 is 46.9 Å². The zero-order chi connectivity index (χ0) is 27.0. The van der Waals surface area contributed by atoms with Gasteiger partial charge >= 0.3 is 23.3 Å². The summed E-state index contributed by atoms with van der Waals surface area (Å²) in [6, 6.07) is 0.00604. The molecule has 16 nitrogen and oxygen atoms in total. The number of aromatic nitrogens is 8. The number of alkyl halides is 1. The van der Waals surface area contributed by atoms with Gasteiger partial charge in [0, 0.05) is 54.9 Å². The van der Waals surface area contributed by atoms with Gasteiger partial charge in [0.1, 0.15) is 0 Å². The SMILES string of the molecule is C.COC(=O)/C=C/n1nn[nH]c1=O.COC(=O)/C=C/n1nnn(C2CCOCC2)c1=O.IC1CCOCC1. The van der Waals surface area contributed by atoms with E-state index in [4.69, 9.17) is 9.47 Å². The van der Waals surface area contributed by atoms with E-state index < -0.39 is 17.6 Å². The highest BCUT2D eigenvalue weighted by atomic mass is 127. The number of H-pyrrole nitrogens is 1. The van der Waals surface area contributed by atoms with Gasteiger partial charge in [0.15, 0.2) is 0 Å². The molecule has 0 bridgehead atoms. The van der Waals surface area contributed by atoms with Crippen molar-refractivity contribution in [3.8, 4) is 0 Å². The molecule has 0 radical (unpaired) electrons. The highest BCUT2D eigenvalue weighted by molar-refractivity contribution is 14.1. The molecule has 2 aromatic heterocycles. The van der Waals surface area contributed by atoms with Gasteiger partial charge in [-0.3, -0.25) is 0 Å². The van der Waals surface area contributed by atoms with Crippen molar-refractivity contribution < 1.29 is 28.5 Å². The highest BCUT2D eigenvalue weighted by Gasteiger charge is 2.20. The number of aromatic amines is 1. The van der Waals surface area contributed by atoms with Crippen molar-refractivity contribution in [3.63, 3.8) is 0 Å². The van der Waals surface area contributed by atoms with E-state index in [9.17, 15) is 19.2 Å². The van der Waals surface area contributed by atoms with E-state index in [1.165, 1.54) is 37.9 Å². The Morgan fingerprint density at radius 2 is 1.42 bits per heavy atom. The number of carbonyl (C=O) groups excluding carboxylic acids is 2. The lowest BCUT2D eigenvalue weighted by molar-refractivity contribution is -0.135. The molecule has 2 aliphatic rings. The lowest BCUT2D eigenvalue weighted by atomic mass is 10.1. The summed E-state index contributed by atoms with van der Waals surface area (Å²) in [6.07, 6.45) is 8.53. The van der Waals surface area contributed by atoms with Crippen LogP contribution in [0.1, 0.15) is 39.2 Å². The van der Waals surface area contributed by atoms with Gasteiger partial charge in [-0.1, -0.05) is 30.0 Å². The molecule has 2 fully saturated rings. The molecule has 212 valence electrons. The van der Waals surface area contributed by atoms with Crippen LogP contribution in [-0.4, -0.2) is 96.5 Å². The number of nitrogens with one attached hydrogen (secondary N) is 1. The number of ether oxygens (including phenoxy) is 4. The maximum absolute atomic E-state index is 11.9. The number of methoxy groups -OCH3 is 2. The van der Waals surface area contributed by atoms with Crippen molar-refractivity contribution in [2.24, 2.45) is 0 Å². The van der Waals surface area contributed by atoms with Crippen molar-refractivity contribution in [2.75, 3.05) is 40.6 Å². The van der Waals surface area contributed by atoms with Crippen LogP contribution in [0.15, 0.2) is 21.7 Å². The maximum Gasteiger partial charge on any atom is 0.368 e. The van der Waals surface area contributed by atoms with Crippen LogP contribution in [0.3, 0.4) is 0 Å². The smallest absolute Gasteiger partial charge is 0.368 e. The summed E-state index contributed by atoms with van der Waals surface area (Å²) < 4.78 is 23.1. The molecule has 38 heavy (non-hydrogen) atoms. The zero-order valence-corrected chi connectivity index (χ0v) is 22.6. The second-order valence-electron chi connectivity index (χ2n) is 7.41. The first-order valence-electron chi connectivity index (χ1n) is 11.2. The molecule has 2 aromatic rings. The van der Waals surface area contributed by atoms with Crippen LogP contribution in [0.25, 0.3) is 12.4 Å². The fourth-order valence-electron chi connectivity index (χ4n) is 2.89. The van der Waals surface area contributed by atoms with Gasteiger partial charge in [-0.2, -0.15) is 14.0 Å². The molecule has 0 amide bonds. The number of nitrogens with zero attached hydrogens (tertiary/aromatic N) is 7. The number of rotatable bonds is 5. The van der Waals surface area contributed by atoms with Gasteiger partial charge < -0.3 is 18.9 Å². The standard InChI is InChI=1S/C10H14N4O4.C5H9IO.C5H6N4O3.CH4/c1-17-9(15)2-5-13-10(16)14(12-11-13)8-3-6-18-7-4-8;6-5-1-3-7-4-2-5;1-12-4(10)2-3-9-5(11)6-7-8-9;/h2,5,8H,3-4,6-7H2,1H3;5H,1-4H2;2-3H,1H3,(H,6,8,11);1H4/b5-2+;;3-2+;. The number of tetrazole rings is 2. The van der Waals surface area contributed by atoms with Gasteiger partial charge in [-0.05, 0) is 46.5 Å². The number of carbonyl (C=O) groups is 2. The summed E-state index contributed by atoms with van der Waals surface area (Å²) in [7, 11) is 2.49. The quantitative estimate of drug-likeness (QED) is 0.202. The first-order valence-corrected chi connectivity index (χ1v) is 12.5. The summed E-state index contributed by atoms with van der Waals surface area (Å²) >= 11 is 2.48. The Hall–Kier alpha value is -3.19. The summed E-state index contributed by atoms with van der Waals surface area (Å²) in [6.45, 7) is 3.19. The van der Waals surface area contributed by atoms with Crippen molar-refractivity contribution in [1.82, 2.24) is 40.0 Å². The molecular formula is C21H33IN8O8. The molecule has 0 spiro atoms. The molecule has 2 saturated heterocycles. The first-order chi connectivity index (χ1) is 17.8. The van der Waals surface area contributed by atoms with Gasteiger partial charge in [0.25, 0.3) is 0 Å². The Balaban J connectivity index is 0.000000311. The van der Waals surface area contributed by atoms with Crippen LogP contribution in [0, 0.1) is 0 Å². The lowest BCUT2D eigenvalue weighted by Gasteiger charge is -2.20. The molecule has 2 aliphatic heterocycles. The third kappa shape index (κ3) is 11.5. The van der Waals surface area contributed by atoms with Crippen molar-refractivity contribution in [1.29, 1.82) is 0 Å². The molecule has 17 heteroatoms. The zero-order valence-electron chi connectivity index (χ0n) is 20.4. The number of hydrogen-bond donors (Lipinski definition) is 1. The van der Waals surface area contributed by atoms with E-state index in [1.54, 1.807) is 0 Å². The second-order valence-corrected chi connectivity index (χ2v) is 9.17. The fourth-order valence-corrected chi connectivity index (χ4v) is 3.40. The maximum atomic E-state index is 11.9. The third-order valence-electron chi connectivity index (χ3n) is 4.91. The Bertz CT molecular complexity index is 1140. The van der Waals surface area contributed by atoms with Crippen LogP contribution < -0.4 is 11.4 Å². The Kier molecular flexibility index (Phi) is 15.7. The van der Waals surface area contributed by atoms with Crippen LogP contribution in [-0.2, 0) is 28.5 Å². The predicted molar refractivity (Wildman–Crippen MR) is 143 cm³/mol. The van der Waals surface area contributed by atoms with Crippen LogP contribution in [0.2, 0.25) is 0 Å². The molecule has 0 atom stereocenters. The highest BCUT2D eigenvalue weighted by Crippen LogP contribution is 2.17. The normalized spacial score (nSPS) is 16.1. The molecule has 4 heterocycles. The second kappa shape index (κ2) is 18.1. The summed E-state index contributed by atoms with van der Waals surface area (Å²) in [4.78, 5) is 44.1. The molecular weight excluding hydrogens is 619 g/mol. The molecule has 4 rings (SSSR count). The van der Waals surface area contributed by atoms with Gasteiger partial charge in [0.05, 0.1) is 20.3 Å². The van der Waals surface area contributed by atoms with E-state index in [0.717, 1.165) is 57.7 Å².